The van der Waals surface area contributed by atoms with Gasteiger partial charge in [0.25, 0.3) is 15.9 Å². The number of amides is 1. The normalized spacial score (nSPS) is 11.6. The lowest BCUT2D eigenvalue weighted by atomic mass is 10.1. The number of aryl methyl sites for hydroxylation is 1. The largest absolute Gasteiger partial charge is 0.483 e. The Morgan fingerprint density at radius 1 is 0.969 bits per heavy atom. The van der Waals surface area contributed by atoms with Crippen molar-refractivity contribution in [2.75, 3.05) is 16.6 Å². The van der Waals surface area contributed by atoms with E-state index in [-0.39, 0.29) is 16.3 Å². The van der Waals surface area contributed by atoms with Gasteiger partial charge in [-0.25, -0.2) is 8.42 Å². The molecule has 168 valence electrons. The summed E-state index contributed by atoms with van der Waals surface area (Å²) in [6.45, 7) is 1.04. The van der Waals surface area contributed by atoms with Gasteiger partial charge in [-0.2, -0.15) is 13.2 Å². The lowest BCUT2D eigenvalue weighted by Gasteiger charge is -2.15. The maximum absolute atomic E-state index is 13.0. The van der Waals surface area contributed by atoms with Crippen LogP contribution >= 0.6 is 0 Å². The van der Waals surface area contributed by atoms with Crippen LogP contribution in [0.4, 0.5) is 24.5 Å². The standard InChI is InChI=1S/C22H19F3N2O4S/c1-15-13-17(32(29,30)27-16-7-3-2-4-8-16)11-12-20(15)31-14-21(28)26-19-10-6-5-9-18(19)22(23,24)25/h2-13,27H,14H2,1H3,(H,26,28). The fraction of sp³-hybridized carbons (Fsp3) is 0.136. The molecular formula is C22H19F3N2O4S. The summed E-state index contributed by atoms with van der Waals surface area (Å²) in [6, 6.07) is 17.0. The number of ether oxygens (including phenoxy) is 1. The molecule has 2 N–H and O–H groups in total. The van der Waals surface area contributed by atoms with Gasteiger partial charge in [0.05, 0.1) is 16.1 Å². The molecule has 0 aliphatic carbocycles. The fourth-order valence-electron chi connectivity index (χ4n) is 2.84. The first-order valence-electron chi connectivity index (χ1n) is 9.34. The predicted octanol–water partition coefficient (Wildman–Crippen LogP) is 4.83. The third-order valence-corrected chi connectivity index (χ3v) is 5.73. The van der Waals surface area contributed by atoms with Gasteiger partial charge in [0, 0.05) is 5.69 Å². The summed E-state index contributed by atoms with van der Waals surface area (Å²) in [4.78, 5) is 12.1. The Morgan fingerprint density at radius 3 is 2.28 bits per heavy atom. The molecule has 0 aliphatic rings. The van der Waals surface area contributed by atoms with Crippen LogP contribution in [-0.2, 0) is 21.0 Å². The number of anilines is 2. The van der Waals surface area contributed by atoms with E-state index >= 15 is 0 Å². The number of benzene rings is 3. The van der Waals surface area contributed by atoms with Crippen molar-refractivity contribution in [1.29, 1.82) is 0 Å². The average Bonchev–Trinajstić information content (AvgIpc) is 2.73. The highest BCUT2D eigenvalue weighted by Crippen LogP contribution is 2.34. The maximum atomic E-state index is 13.0. The number of halogens is 3. The van der Waals surface area contributed by atoms with Crippen LogP contribution in [0.25, 0.3) is 0 Å². The number of sulfonamides is 1. The zero-order valence-electron chi connectivity index (χ0n) is 16.8. The fourth-order valence-corrected chi connectivity index (χ4v) is 3.98. The minimum Gasteiger partial charge on any atom is -0.483 e. The van der Waals surface area contributed by atoms with Gasteiger partial charge in [0.2, 0.25) is 0 Å². The van der Waals surface area contributed by atoms with Crippen molar-refractivity contribution in [3.63, 3.8) is 0 Å². The molecule has 0 heterocycles. The number of rotatable bonds is 7. The van der Waals surface area contributed by atoms with Crippen LogP contribution in [0.5, 0.6) is 5.75 Å². The van der Waals surface area contributed by atoms with Gasteiger partial charge in [-0.1, -0.05) is 30.3 Å². The minimum absolute atomic E-state index is 0.00485. The molecule has 3 rings (SSSR count). The third-order valence-electron chi connectivity index (χ3n) is 4.35. The van der Waals surface area contributed by atoms with Crippen molar-refractivity contribution in [1.82, 2.24) is 0 Å². The van der Waals surface area contributed by atoms with Gasteiger partial charge in [0.15, 0.2) is 6.61 Å². The highest BCUT2D eigenvalue weighted by molar-refractivity contribution is 7.92. The molecule has 0 spiro atoms. The molecule has 0 aromatic heterocycles. The number of alkyl halides is 3. The second kappa shape index (κ2) is 9.31. The van der Waals surface area contributed by atoms with Crippen LogP contribution in [0.3, 0.4) is 0 Å². The van der Waals surface area contributed by atoms with Crippen LogP contribution in [0.1, 0.15) is 11.1 Å². The monoisotopic (exact) mass is 464 g/mol. The second-order valence-corrected chi connectivity index (χ2v) is 8.46. The Balaban J connectivity index is 1.66. The molecule has 32 heavy (non-hydrogen) atoms. The Morgan fingerprint density at radius 2 is 1.62 bits per heavy atom. The van der Waals surface area contributed by atoms with E-state index < -0.39 is 34.3 Å². The molecule has 6 nitrogen and oxygen atoms in total. The summed E-state index contributed by atoms with van der Waals surface area (Å²) in [7, 11) is -3.83. The van der Waals surface area contributed by atoms with E-state index in [1.54, 1.807) is 37.3 Å². The zero-order chi connectivity index (χ0) is 23.4. The Bertz CT molecular complexity index is 1210. The summed E-state index contributed by atoms with van der Waals surface area (Å²) >= 11 is 0. The van der Waals surface area contributed by atoms with Crippen LogP contribution in [0.2, 0.25) is 0 Å². The van der Waals surface area contributed by atoms with Crippen molar-refractivity contribution in [3.8, 4) is 5.75 Å². The Kier molecular flexibility index (Phi) is 6.73. The first-order valence-corrected chi connectivity index (χ1v) is 10.8. The molecule has 3 aromatic rings. The van der Waals surface area contributed by atoms with E-state index in [2.05, 4.69) is 10.0 Å². The Labute approximate surface area is 183 Å². The van der Waals surface area contributed by atoms with E-state index in [0.717, 1.165) is 12.1 Å². The van der Waals surface area contributed by atoms with Gasteiger partial charge in [0.1, 0.15) is 5.75 Å². The van der Waals surface area contributed by atoms with E-state index in [0.29, 0.717) is 11.3 Å². The van der Waals surface area contributed by atoms with Gasteiger partial charge in [-0.05, 0) is 55.0 Å². The van der Waals surface area contributed by atoms with E-state index in [1.807, 2.05) is 0 Å². The number of nitrogens with one attached hydrogen (secondary N) is 2. The molecule has 0 saturated carbocycles. The van der Waals surface area contributed by atoms with Crippen molar-refractivity contribution >= 4 is 27.3 Å². The quantitative estimate of drug-likeness (QED) is 0.525. The molecule has 0 unspecified atom stereocenters. The van der Waals surface area contributed by atoms with Gasteiger partial charge in [-0.3, -0.25) is 9.52 Å². The Hall–Kier alpha value is -3.53. The summed E-state index contributed by atoms with van der Waals surface area (Å²) in [6.07, 6.45) is -4.61. The first kappa shape index (κ1) is 23.1. The SMILES string of the molecule is Cc1cc(S(=O)(=O)Nc2ccccc2)ccc1OCC(=O)Nc1ccccc1C(F)(F)F. The second-order valence-electron chi connectivity index (χ2n) is 6.78. The van der Waals surface area contributed by atoms with Crippen molar-refractivity contribution in [2.24, 2.45) is 0 Å². The highest BCUT2D eigenvalue weighted by Gasteiger charge is 2.33. The lowest BCUT2D eigenvalue weighted by molar-refractivity contribution is -0.137. The molecule has 0 radical (unpaired) electrons. The third kappa shape index (κ3) is 5.79. The van der Waals surface area contributed by atoms with Crippen LogP contribution in [0, 0.1) is 6.92 Å². The van der Waals surface area contributed by atoms with Crippen LogP contribution in [0.15, 0.2) is 77.7 Å². The number of carbonyl (C=O) groups excluding carboxylic acids is 1. The van der Waals surface area contributed by atoms with Gasteiger partial charge >= 0.3 is 6.18 Å². The average molecular weight is 464 g/mol. The van der Waals surface area contributed by atoms with E-state index in [1.165, 1.54) is 30.3 Å². The molecule has 3 aromatic carbocycles. The molecule has 0 aliphatic heterocycles. The summed E-state index contributed by atoms with van der Waals surface area (Å²) in [5.41, 5.74) is -0.505. The van der Waals surface area contributed by atoms with E-state index in [4.69, 9.17) is 4.74 Å². The number of carbonyl (C=O) groups is 1. The lowest BCUT2D eigenvalue weighted by Crippen LogP contribution is -2.22. The summed E-state index contributed by atoms with van der Waals surface area (Å²) < 4.78 is 72.0. The first-order chi connectivity index (χ1) is 15.1. The van der Waals surface area contributed by atoms with Gasteiger partial charge < -0.3 is 10.1 Å². The van der Waals surface area contributed by atoms with Crippen LogP contribution < -0.4 is 14.8 Å². The molecule has 0 saturated heterocycles. The van der Waals surface area contributed by atoms with E-state index in [9.17, 15) is 26.4 Å². The van der Waals surface area contributed by atoms with Crippen molar-refractivity contribution in [2.45, 2.75) is 18.0 Å². The van der Waals surface area contributed by atoms with Crippen molar-refractivity contribution < 1.29 is 31.1 Å². The molecule has 0 fully saturated rings. The molecule has 10 heteroatoms. The number of hydrogen-bond acceptors (Lipinski definition) is 4. The molecular weight excluding hydrogens is 445 g/mol. The predicted molar refractivity (Wildman–Crippen MR) is 114 cm³/mol. The van der Waals surface area contributed by atoms with Gasteiger partial charge in [-0.15, -0.1) is 0 Å². The minimum atomic E-state index is -4.61. The topological polar surface area (TPSA) is 84.5 Å². The molecule has 0 atom stereocenters. The summed E-state index contributed by atoms with van der Waals surface area (Å²) in [5, 5.41) is 2.18. The maximum Gasteiger partial charge on any atom is 0.418 e. The highest BCUT2D eigenvalue weighted by atomic mass is 32.2. The molecule has 0 bridgehead atoms. The van der Waals surface area contributed by atoms with Crippen molar-refractivity contribution in [3.05, 3.63) is 83.9 Å². The summed E-state index contributed by atoms with van der Waals surface area (Å²) in [5.74, 6) is -0.563. The number of hydrogen-bond donors (Lipinski definition) is 2. The van der Waals surface area contributed by atoms with Crippen LogP contribution in [-0.4, -0.2) is 20.9 Å². The zero-order valence-corrected chi connectivity index (χ0v) is 17.6. The smallest absolute Gasteiger partial charge is 0.418 e. The molecule has 1 amide bonds. The number of para-hydroxylation sites is 2.